The van der Waals surface area contributed by atoms with Gasteiger partial charge in [0.15, 0.2) is 0 Å². The van der Waals surface area contributed by atoms with Crippen LogP contribution in [-0.2, 0) is 17.6 Å². The van der Waals surface area contributed by atoms with Crippen LogP contribution in [0.4, 0.5) is 5.69 Å². The van der Waals surface area contributed by atoms with Gasteiger partial charge in [-0.05, 0) is 48.1 Å². The minimum Gasteiger partial charge on any atom is -0.497 e. The number of hydrogen-bond acceptors (Lipinski definition) is 3. The summed E-state index contributed by atoms with van der Waals surface area (Å²) in [6.45, 7) is 6.62. The minimum atomic E-state index is -0.00689. The Bertz CT molecular complexity index is 688. The van der Waals surface area contributed by atoms with Crippen molar-refractivity contribution < 1.29 is 9.53 Å². The van der Waals surface area contributed by atoms with Gasteiger partial charge in [0.05, 0.1) is 13.7 Å². The number of rotatable bonds is 9. The van der Waals surface area contributed by atoms with Gasteiger partial charge < -0.3 is 15.4 Å². The second-order valence-electron chi connectivity index (χ2n) is 6.32. The summed E-state index contributed by atoms with van der Waals surface area (Å²) in [5.41, 5.74) is 4.49. The lowest BCUT2D eigenvalue weighted by Crippen LogP contribution is -2.31. The molecule has 0 saturated heterocycles. The Kier molecular flexibility index (Phi) is 7.67. The standard InChI is InChI=1S/C22H30N2O2/c1-5-16-9-8-10-17(6-2)22(16)24-21(25)15-23-20(7-3)18-11-13-19(26-4)14-12-18/h8-14,20,23H,5-7,15H2,1-4H3,(H,24,25)/t20-/m0/s1. The van der Waals surface area contributed by atoms with E-state index in [0.29, 0.717) is 0 Å². The molecule has 2 N–H and O–H groups in total. The number of benzene rings is 2. The van der Waals surface area contributed by atoms with Gasteiger partial charge in [0.1, 0.15) is 5.75 Å². The summed E-state index contributed by atoms with van der Waals surface area (Å²) in [5.74, 6) is 0.831. The number of methoxy groups -OCH3 is 1. The van der Waals surface area contributed by atoms with E-state index in [9.17, 15) is 4.79 Å². The normalized spacial score (nSPS) is 11.8. The van der Waals surface area contributed by atoms with Crippen LogP contribution in [0.3, 0.4) is 0 Å². The highest BCUT2D eigenvalue weighted by Gasteiger charge is 2.13. The van der Waals surface area contributed by atoms with Gasteiger partial charge in [-0.15, -0.1) is 0 Å². The highest BCUT2D eigenvalue weighted by atomic mass is 16.5. The highest BCUT2D eigenvalue weighted by Crippen LogP contribution is 2.23. The van der Waals surface area contributed by atoms with Crippen molar-refractivity contribution in [2.75, 3.05) is 19.0 Å². The third-order valence-electron chi connectivity index (χ3n) is 4.70. The summed E-state index contributed by atoms with van der Waals surface area (Å²) in [6.07, 6.45) is 2.71. The third kappa shape index (κ3) is 5.09. The number of carbonyl (C=O) groups is 1. The fourth-order valence-electron chi connectivity index (χ4n) is 3.14. The van der Waals surface area contributed by atoms with Crippen molar-refractivity contribution in [3.05, 3.63) is 59.2 Å². The van der Waals surface area contributed by atoms with Crippen molar-refractivity contribution in [1.82, 2.24) is 5.32 Å². The molecule has 0 spiro atoms. The van der Waals surface area contributed by atoms with E-state index in [1.54, 1.807) is 7.11 Å². The molecule has 0 saturated carbocycles. The van der Waals surface area contributed by atoms with Crippen LogP contribution in [-0.4, -0.2) is 19.6 Å². The number of carbonyl (C=O) groups excluding carboxylic acids is 1. The van der Waals surface area contributed by atoms with Crippen LogP contribution in [0, 0.1) is 0 Å². The molecule has 1 atom stereocenters. The molecule has 0 aliphatic rings. The second-order valence-corrected chi connectivity index (χ2v) is 6.32. The molecule has 2 aromatic carbocycles. The van der Waals surface area contributed by atoms with Gasteiger partial charge in [-0.3, -0.25) is 4.79 Å². The van der Waals surface area contributed by atoms with E-state index in [0.717, 1.165) is 36.3 Å². The molecular weight excluding hydrogens is 324 g/mol. The van der Waals surface area contributed by atoms with Gasteiger partial charge in [-0.2, -0.15) is 0 Å². The number of ether oxygens (including phenoxy) is 1. The van der Waals surface area contributed by atoms with E-state index in [1.165, 1.54) is 11.1 Å². The maximum atomic E-state index is 12.5. The smallest absolute Gasteiger partial charge is 0.238 e. The average Bonchev–Trinajstić information content (AvgIpc) is 2.69. The number of anilines is 1. The Morgan fingerprint density at radius 3 is 2.12 bits per heavy atom. The first-order chi connectivity index (χ1) is 12.6. The molecule has 2 aromatic rings. The van der Waals surface area contributed by atoms with Crippen LogP contribution in [0.15, 0.2) is 42.5 Å². The molecule has 26 heavy (non-hydrogen) atoms. The zero-order valence-corrected chi connectivity index (χ0v) is 16.3. The second kappa shape index (κ2) is 9.97. The number of nitrogens with one attached hydrogen (secondary N) is 2. The molecule has 4 nitrogen and oxygen atoms in total. The van der Waals surface area contributed by atoms with Crippen molar-refractivity contribution in [3.63, 3.8) is 0 Å². The number of hydrogen-bond donors (Lipinski definition) is 2. The topological polar surface area (TPSA) is 50.4 Å². The Morgan fingerprint density at radius 1 is 1.00 bits per heavy atom. The summed E-state index contributed by atoms with van der Waals surface area (Å²) in [7, 11) is 1.66. The van der Waals surface area contributed by atoms with Crippen LogP contribution in [0.2, 0.25) is 0 Å². The molecule has 0 heterocycles. The molecule has 1 amide bonds. The van der Waals surface area contributed by atoms with E-state index in [-0.39, 0.29) is 18.5 Å². The molecular formula is C22H30N2O2. The van der Waals surface area contributed by atoms with Crippen molar-refractivity contribution in [3.8, 4) is 5.75 Å². The molecule has 0 aliphatic heterocycles. The minimum absolute atomic E-state index is 0.00689. The van der Waals surface area contributed by atoms with Crippen LogP contribution < -0.4 is 15.4 Å². The quantitative estimate of drug-likeness (QED) is 0.697. The maximum absolute atomic E-state index is 12.5. The molecule has 4 heteroatoms. The zero-order valence-electron chi connectivity index (χ0n) is 16.3. The van der Waals surface area contributed by atoms with E-state index < -0.39 is 0 Å². The fourth-order valence-corrected chi connectivity index (χ4v) is 3.14. The van der Waals surface area contributed by atoms with Crippen molar-refractivity contribution >= 4 is 11.6 Å². The number of amides is 1. The monoisotopic (exact) mass is 354 g/mol. The van der Waals surface area contributed by atoms with Crippen LogP contribution in [0.5, 0.6) is 5.75 Å². The molecule has 0 radical (unpaired) electrons. The summed E-state index contributed by atoms with van der Waals surface area (Å²) in [5, 5.41) is 6.47. The van der Waals surface area contributed by atoms with Crippen LogP contribution in [0.25, 0.3) is 0 Å². The molecule has 0 unspecified atom stereocenters. The molecule has 0 fully saturated rings. The predicted molar refractivity (Wildman–Crippen MR) is 108 cm³/mol. The van der Waals surface area contributed by atoms with Crippen molar-refractivity contribution in [2.24, 2.45) is 0 Å². The number of para-hydroxylation sites is 1. The van der Waals surface area contributed by atoms with Crippen LogP contribution in [0.1, 0.15) is 49.9 Å². The number of aryl methyl sites for hydroxylation is 2. The SMILES string of the molecule is CCc1cccc(CC)c1NC(=O)CN[C@@H](CC)c1ccc(OC)cc1. The maximum Gasteiger partial charge on any atom is 0.238 e. The van der Waals surface area contributed by atoms with Gasteiger partial charge in [-0.1, -0.05) is 51.1 Å². The summed E-state index contributed by atoms with van der Waals surface area (Å²) >= 11 is 0. The lowest BCUT2D eigenvalue weighted by atomic mass is 10.0. The van der Waals surface area contributed by atoms with Crippen LogP contribution >= 0.6 is 0 Å². The first-order valence-corrected chi connectivity index (χ1v) is 9.40. The first-order valence-electron chi connectivity index (χ1n) is 9.40. The van der Waals surface area contributed by atoms with Gasteiger partial charge >= 0.3 is 0 Å². The molecule has 140 valence electrons. The Hall–Kier alpha value is -2.33. The van der Waals surface area contributed by atoms with E-state index in [2.05, 4.69) is 49.6 Å². The largest absolute Gasteiger partial charge is 0.497 e. The Balaban J connectivity index is 2.01. The molecule has 2 rings (SSSR count). The average molecular weight is 354 g/mol. The highest BCUT2D eigenvalue weighted by molar-refractivity contribution is 5.93. The van der Waals surface area contributed by atoms with E-state index in [4.69, 9.17) is 4.74 Å². The van der Waals surface area contributed by atoms with E-state index in [1.807, 2.05) is 24.3 Å². The summed E-state index contributed by atoms with van der Waals surface area (Å²) in [4.78, 5) is 12.5. The van der Waals surface area contributed by atoms with E-state index >= 15 is 0 Å². The van der Waals surface area contributed by atoms with Crippen molar-refractivity contribution in [2.45, 2.75) is 46.1 Å². The molecule has 0 aliphatic carbocycles. The fraction of sp³-hybridized carbons (Fsp3) is 0.409. The zero-order chi connectivity index (χ0) is 18.9. The summed E-state index contributed by atoms with van der Waals surface area (Å²) < 4.78 is 5.21. The summed E-state index contributed by atoms with van der Waals surface area (Å²) in [6, 6.07) is 14.3. The lowest BCUT2D eigenvalue weighted by molar-refractivity contribution is -0.115. The predicted octanol–water partition coefficient (Wildman–Crippen LogP) is 4.50. The lowest BCUT2D eigenvalue weighted by Gasteiger charge is -2.19. The molecule has 0 bridgehead atoms. The van der Waals surface area contributed by atoms with Gasteiger partial charge in [0.2, 0.25) is 5.91 Å². The molecule has 0 aromatic heterocycles. The van der Waals surface area contributed by atoms with Crippen molar-refractivity contribution in [1.29, 1.82) is 0 Å². The first kappa shape index (κ1) is 20.0. The van der Waals surface area contributed by atoms with Gasteiger partial charge in [0.25, 0.3) is 0 Å². The third-order valence-corrected chi connectivity index (χ3v) is 4.70. The van der Waals surface area contributed by atoms with Gasteiger partial charge in [-0.25, -0.2) is 0 Å². The Morgan fingerprint density at radius 2 is 1.62 bits per heavy atom. The Labute approximate surface area is 157 Å². The van der Waals surface area contributed by atoms with Gasteiger partial charge in [0, 0.05) is 11.7 Å².